The van der Waals surface area contributed by atoms with E-state index in [2.05, 4.69) is 0 Å². The molecule has 1 aliphatic carbocycles. The first kappa shape index (κ1) is 26.7. The number of unbranched alkanes of at least 4 members (excludes halogenated alkanes) is 1. The molecule has 3 rings (SSSR count). The number of amides is 1. The number of nitrogens with zero attached hydrogens (tertiary/aromatic N) is 1. The Balaban J connectivity index is 1.70. The second kappa shape index (κ2) is 11.2. The van der Waals surface area contributed by atoms with Crippen LogP contribution in [0.2, 0.25) is 0 Å². The number of rotatable bonds is 11. The molecule has 1 amide bonds. The van der Waals surface area contributed by atoms with Gasteiger partial charge in [-0.25, -0.2) is 4.79 Å². The molecule has 190 valence electrons. The number of carbonyl (C=O) groups is 2. The van der Waals surface area contributed by atoms with Crippen molar-refractivity contribution in [3.63, 3.8) is 0 Å². The zero-order valence-corrected chi connectivity index (χ0v) is 21.8. The molecule has 0 spiro atoms. The summed E-state index contributed by atoms with van der Waals surface area (Å²) < 4.78 is 36.4. The molecule has 8 heteroatoms. The van der Waals surface area contributed by atoms with Gasteiger partial charge in [0.2, 0.25) is 5.91 Å². The van der Waals surface area contributed by atoms with Gasteiger partial charge in [-0.05, 0) is 54.5 Å². The molecule has 1 aliphatic rings. The van der Waals surface area contributed by atoms with Crippen molar-refractivity contribution < 1.29 is 26.9 Å². The van der Waals surface area contributed by atoms with Crippen LogP contribution in [0, 0.1) is 5.41 Å². The Morgan fingerprint density at radius 3 is 2.29 bits per heavy atom. The lowest BCUT2D eigenvalue weighted by molar-refractivity contribution is -0.134. The molecule has 0 aliphatic heterocycles. The molecule has 7 nitrogen and oxygen atoms in total. The van der Waals surface area contributed by atoms with Gasteiger partial charge in [-0.3, -0.25) is 4.79 Å². The van der Waals surface area contributed by atoms with Gasteiger partial charge in [-0.15, -0.1) is 0 Å². The van der Waals surface area contributed by atoms with Crippen molar-refractivity contribution in [1.29, 1.82) is 0 Å². The average Bonchev–Trinajstić information content (AvgIpc) is 3.62. The number of carbonyl (C=O) groups excluding carboxylic acids is 2. The van der Waals surface area contributed by atoms with Gasteiger partial charge in [-0.1, -0.05) is 58.4 Å². The summed E-state index contributed by atoms with van der Waals surface area (Å²) in [4.78, 5) is 26.9. The molecule has 0 atom stereocenters. The van der Waals surface area contributed by atoms with Gasteiger partial charge in [0.25, 0.3) is 0 Å². The third kappa shape index (κ3) is 7.82. The highest BCUT2D eigenvalue weighted by Gasteiger charge is 2.34. The smallest absolute Gasteiger partial charge is 0.340 e. The van der Waals surface area contributed by atoms with Crippen molar-refractivity contribution in [3.05, 3.63) is 59.7 Å². The average molecular weight is 502 g/mol. The van der Waals surface area contributed by atoms with Crippen LogP contribution < -0.4 is 4.18 Å². The summed E-state index contributed by atoms with van der Waals surface area (Å²) in [5.74, 6) is -0.441. The first-order valence-electron chi connectivity index (χ1n) is 12.1. The predicted octanol–water partition coefficient (Wildman–Crippen LogP) is 5.34. The molecule has 0 aromatic heterocycles. The Morgan fingerprint density at radius 1 is 1.03 bits per heavy atom. The van der Waals surface area contributed by atoms with Gasteiger partial charge < -0.3 is 13.8 Å². The molecule has 0 unspecified atom stereocenters. The summed E-state index contributed by atoms with van der Waals surface area (Å²) in [6, 6.07) is 12.8. The van der Waals surface area contributed by atoms with E-state index in [1.165, 1.54) is 18.2 Å². The van der Waals surface area contributed by atoms with E-state index < -0.39 is 16.1 Å². The second-order valence-corrected chi connectivity index (χ2v) is 11.7. The maximum Gasteiger partial charge on any atom is 0.340 e. The Bertz CT molecular complexity index is 1130. The molecular formula is C27H35NO6S. The number of esters is 1. The molecule has 2 aromatic rings. The van der Waals surface area contributed by atoms with Gasteiger partial charge in [0.05, 0.1) is 12.2 Å². The maximum absolute atomic E-state index is 13.0. The van der Waals surface area contributed by atoms with Crippen LogP contribution in [0.3, 0.4) is 0 Å². The SMILES string of the molecule is CCCCOC(=O)c1ccccc1S(=O)(=O)Oc1ccc(CN(C(=O)CC(C)(C)C)C2CC2)cc1. The third-order valence-corrected chi connectivity index (χ3v) is 6.89. The lowest BCUT2D eigenvalue weighted by Gasteiger charge is -2.27. The van der Waals surface area contributed by atoms with Crippen LogP contribution in [-0.2, 0) is 26.2 Å². The lowest BCUT2D eigenvalue weighted by atomic mass is 9.91. The van der Waals surface area contributed by atoms with Crippen LogP contribution in [0.5, 0.6) is 5.75 Å². The fourth-order valence-electron chi connectivity index (χ4n) is 3.62. The highest BCUT2D eigenvalue weighted by molar-refractivity contribution is 7.87. The first-order chi connectivity index (χ1) is 16.5. The minimum absolute atomic E-state index is 0.0577. The Kier molecular flexibility index (Phi) is 8.59. The van der Waals surface area contributed by atoms with Gasteiger partial charge >= 0.3 is 16.1 Å². The zero-order chi connectivity index (χ0) is 25.6. The second-order valence-electron chi connectivity index (χ2n) is 10.2. The molecule has 0 N–H and O–H groups in total. The number of ether oxygens (including phenoxy) is 1. The van der Waals surface area contributed by atoms with Crippen LogP contribution in [0.4, 0.5) is 0 Å². The highest BCUT2D eigenvalue weighted by Crippen LogP contribution is 2.32. The molecular weight excluding hydrogens is 466 g/mol. The van der Waals surface area contributed by atoms with Crippen molar-refractivity contribution in [2.75, 3.05) is 6.61 Å². The van der Waals surface area contributed by atoms with E-state index in [4.69, 9.17) is 8.92 Å². The largest absolute Gasteiger partial charge is 0.462 e. The summed E-state index contributed by atoms with van der Waals surface area (Å²) in [5.41, 5.74) is 0.746. The summed E-state index contributed by atoms with van der Waals surface area (Å²) in [6.07, 6.45) is 4.05. The van der Waals surface area contributed by atoms with Crippen molar-refractivity contribution in [2.45, 2.75) is 77.3 Å². The molecule has 35 heavy (non-hydrogen) atoms. The fourth-order valence-corrected chi connectivity index (χ4v) is 4.74. The summed E-state index contributed by atoms with van der Waals surface area (Å²) >= 11 is 0. The third-order valence-electron chi connectivity index (χ3n) is 5.58. The normalized spacial score (nSPS) is 13.8. The van der Waals surface area contributed by atoms with E-state index >= 15 is 0 Å². The van der Waals surface area contributed by atoms with Crippen LogP contribution in [0.1, 0.15) is 75.7 Å². The lowest BCUT2D eigenvalue weighted by Crippen LogP contribution is -2.34. The monoisotopic (exact) mass is 501 g/mol. The maximum atomic E-state index is 13.0. The van der Waals surface area contributed by atoms with E-state index in [9.17, 15) is 18.0 Å². The van der Waals surface area contributed by atoms with Crippen LogP contribution >= 0.6 is 0 Å². The highest BCUT2D eigenvalue weighted by atomic mass is 32.2. The van der Waals surface area contributed by atoms with E-state index in [1.807, 2.05) is 32.6 Å². The predicted molar refractivity (Wildman–Crippen MR) is 134 cm³/mol. The van der Waals surface area contributed by atoms with Crippen LogP contribution in [0.25, 0.3) is 0 Å². The summed E-state index contributed by atoms with van der Waals surface area (Å²) in [5, 5.41) is 0. The Labute approximate surface area is 208 Å². The Hall–Kier alpha value is -2.87. The Morgan fingerprint density at radius 2 is 1.69 bits per heavy atom. The minimum atomic E-state index is -4.26. The van der Waals surface area contributed by atoms with E-state index in [1.54, 1.807) is 30.3 Å². The van der Waals surface area contributed by atoms with Crippen LogP contribution in [0.15, 0.2) is 53.4 Å². The standard InChI is InChI=1S/C27H35NO6S/c1-5-6-17-33-26(30)23-9-7-8-10-24(23)35(31,32)34-22-15-11-20(12-16-22)19-28(21-13-14-21)25(29)18-27(2,3)4/h7-12,15-16,21H,5-6,13-14,17-19H2,1-4H3. The molecule has 2 aromatic carbocycles. The molecule has 0 radical (unpaired) electrons. The van der Waals surface area contributed by atoms with Crippen molar-refractivity contribution >= 4 is 22.0 Å². The van der Waals surface area contributed by atoms with Crippen molar-refractivity contribution in [1.82, 2.24) is 4.90 Å². The van der Waals surface area contributed by atoms with Gasteiger partial charge in [-0.2, -0.15) is 8.42 Å². The molecule has 1 saturated carbocycles. The van der Waals surface area contributed by atoms with E-state index in [0.717, 1.165) is 24.8 Å². The first-order valence-corrected chi connectivity index (χ1v) is 13.5. The van der Waals surface area contributed by atoms with Gasteiger partial charge in [0.15, 0.2) is 0 Å². The van der Waals surface area contributed by atoms with E-state index in [0.29, 0.717) is 19.4 Å². The molecule has 1 fully saturated rings. The van der Waals surface area contributed by atoms with Crippen LogP contribution in [-0.4, -0.2) is 37.8 Å². The molecule has 0 saturated heterocycles. The molecule has 0 bridgehead atoms. The molecule has 0 heterocycles. The zero-order valence-electron chi connectivity index (χ0n) is 21.0. The number of hydrogen-bond acceptors (Lipinski definition) is 6. The van der Waals surface area contributed by atoms with Gasteiger partial charge in [0.1, 0.15) is 10.6 Å². The quantitative estimate of drug-likeness (QED) is 0.235. The number of benzene rings is 2. The topological polar surface area (TPSA) is 90.0 Å². The fraction of sp³-hybridized carbons (Fsp3) is 0.481. The summed E-state index contributed by atoms with van der Waals surface area (Å²) in [6.45, 7) is 8.81. The van der Waals surface area contributed by atoms with Crippen molar-refractivity contribution in [3.8, 4) is 5.75 Å². The van der Waals surface area contributed by atoms with Crippen molar-refractivity contribution in [2.24, 2.45) is 5.41 Å². The summed E-state index contributed by atoms with van der Waals surface area (Å²) in [7, 11) is -4.26. The van der Waals surface area contributed by atoms with E-state index in [-0.39, 0.29) is 40.2 Å². The van der Waals surface area contributed by atoms with Gasteiger partial charge in [0, 0.05) is 19.0 Å². The number of hydrogen-bond donors (Lipinski definition) is 0. The minimum Gasteiger partial charge on any atom is -0.462 e.